The van der Waals surface area contributed by atoms with Crippen LogP contribution in [0.5, 0.6) is 0 Å². The number of carbonyl (C=O) groups excluding carboxylic acids is 4. The number of hydrogen-bond acceptors (Lipinski definition) is 6. The van der Waals surface area contributed by atoms with Gasteiger partial charge in [-0.3, -0.25) is 9.59 Å². The number of hydrogen-bond donors (Lipinski definition) is 1. The molecule has 0 spiro atoms. The summed E-state index contributed by atoms with van der Waals surface area (Å²) in [6.07, 6.45) is 1.61. The number of nitrogens with zero attached hydrogens (tertiary/aromatic N) is 2. The minimum absolute atomic E-state index is 0.0324. The van der Waals surface area contributed by atoms with Crippen LogP contribution in [0.25, 0.3) is 0 Å². The van der Waals surface area contributed by atoms with Crippen molar-refractivity contribution in [1.82, 2.24) is 14.8 Å². The molecule has 29 heavy (non-hydrogen) atoms. The van der Waals surface area contributed by atoms with Crippen LogP contribution in [-0.4, -0.2) is 65.6 Å². The second kappa shape index (κ2) is 9.58. The van der Waals surface area contributed by atoms with Crippen LogP contribution < -0.4 is 5.32 Å². The van der Waals surface area contributed by atoms with Gasteiger partial charge in [0.15, 0.2) is 5.78 Å². The highest BCUT2D eigenvalue weighted by Crippen LogP contribution is 2.28. The molecule has 9 nitrogen and oxygen atoms in total. The zero-order valence-corrected chi connectivity index (χ0v) is 17.7. The first kappa shape index (κ1) is 22.4. The van der Waals surface area contributed by atoms with Gasteiger partial charge in [0.2, 0.25) is 0 Å². The second-order valence-electron chi connectivity index (χ2n) is 6.96. The van der Waals surface area contributed by atoms with Crippen LogP contribution in [0.2, 0.25) is 0 Å². The van der Waals surface area contributed by atoms with Crippen LogP contribution in [0.4, 0.5) is 4.79 Å². The van der Waals surface area contributed by atoms with Crippen molar-refractivity contribution in [3.63, 3.8) is 0 Å². The minimum Gasteiger partial charge on any atom is -0.465 e. The maximum absolute atomic E-state index is 13.0. The van der Waals surface area contributed by atoms with Gasteiger partial charge < -0.3 is 24.3 Å². The molecule has 2 rings (SSSR count). The highest BCUT2D eigenvalue weighted by molar-refractivity contribution is 6.04. The Kier molecular flexibility index (Phi) is 7.41. The topological polar surface area (TPSA) is 107 Å². The van der Waals surface area contributed by atoms with Gasteiger partial charge in [-0.25, -0.2) is 9.59 Å². The van der Waals surface area contributed by atoms with E-state index in [0.717, 1.165) is 12.8 Å². The number of carbonyl (C=O) groups is 4. The Labute approximate surface area is 170 Å². The number of rotatable bonds is 9. The Hall–Kier alpha value is -2.84. The standard InChI is InChI=1S/C20H29N3O6/c1-6-28-16(25)10-21-20(27)23(14-8-9-14)11-15(24)17-12(3)18(19(26)29-7-2)22(5)13(17)4/h14H,6-11H2,1-5H3,(H,21,27). The van der Waals surface area contributed by atoms with E-state index in [1.807, 2.05) is 0 Å². The number of urea groups is 1. The maximum atomic E-state index is 13.0. The number of amides is 2. The first-order valence-electron chi connectivity index (χ1n) is 9.79. The molecule has 0 bridgehead atoms. The van der Waals surface area contributed by atoms with Crippen molar-refractivity contribution in [1.29, 1.82) is 0 Å². The molecule has 0 atom stereocenters. The lowest BCUT2D eigenvalue weighted by Gasteiger charge is -2.22. The summed E-state index contributed by atoms with van der Waals surface area (Å²) >= 11 is 0. The van der Waals surface area contributed by atoms with Crippen molar-refractivity contribution >= 4 is 23.8 Å². The SMILES string of the molecule is CCOC(=O)CNC(=O)N(CC(=O)c1c(C)c(C(=O)OCC)n(C)c1C)C1CC1. The van der Waals surface area contributed by atoms with Crippen LogP contribution in [-0.2, 0) is 21.3 Å². The van der Waals surface area contributed by atoms with E-state index >= 15 is 0 Å². The molecule has 1 aromatic rings. The molecule has 1 aromatic heterocycles. The second-order valence-corrected chi connectivity index (χ2v) is 6.96. The molecular formula is C20H29N3O6. The van der Waals surface area contributed by atoms with E-state index in [-0.39, 0.29) is 38.1 Å². The molecule has 1 aliphatic rings. The Morgan fingerprint density at radius 1 is 1.10 bits per heavy atom. The summed E-state index contributed by atoms with van der Waals surface area (Å²) in [5, 5.41) is 2.51. The lowest BCUT2D eigenvalue weighted by molar-refractivity contribution is -0.141. The van der Waals surface area contributed by atoms with Crippen molar-refractivity contribution in [2.24, 2.45) is 7.05 Å². The van der Waals surface area contributed by atoms with E-state index in [9.17, 15) is 19.2 Å². The average Bonchev–Trinajstić information content (AvgIpc) is 3.46. The Bertz CT molecular complexity index is 810. The van der Waals surface area contributed by atoms with Crippen molar-refractivity contribution in [2.45, 2.75) is 46.6 Å². The van der Waals surface area contributed by atoms with E-state index in [0.29, 0.717) is 22.5 Å². The van der Waals surface area contributed by atoms with Gasteiger partial charge in [-0.2, -0.15) is 0 Å². The zero-order chi connectivity index (χ0) is 21.7. The van der Waals surface area contributed by atoms with E-state index in [2.05, 4.69) is 5.32 Å². The molecule has 9 heteroatoms. The first-order chi connectivity index (χ1) is 13.7. The highest BCUT2D eigenvalue weighted by Gasteiger charge is 2.35. The quantitative estimate of drug-likeness (QED) is 0.494. The van der Waals surface area contributed by atoms with Gasteiger partial charge in [-0.05, 0) is 46.1 Å². The highest BCUT2D eigenvalue weighted by atomic mass is 16.5. The van der Waals surface area contributed by atoms with Crippen molar-refractivity contribution in [3.05, 3.63) is 22.5 Å². The fourth-order valence-corrected chi connectivity index (χ4v) is 3.33. The van der Waals surface area contributed by atoms with Crippen molar-refractivity contribution in [2.75, 3.05) is 26.3 Å². The summed E-state index contributed by atoms with van der Waals surface area (Å²) in [4.78, 5) is 50.7. The molecule has 0 aromatic carbocycles. The van der Waals surface area contributed by atoms with Crippen LogP contribution in [0.15, 0.2) is 0 Å². The van der Waals surface area contributed by atoms with Gasteiger partial charge in [0.05, 0.1) is 19.8 Å². The van der Waals surface area contributed by atoms with Gasteiger partial charge in [0, 0.05) is 24.3 Å². The van der Waals surface area contributed by atoms with Crippen LogP contribution in [0, 0.1) is 13.8 Å². The van der Waals surface area contributed by atoms with E-state index in [4.69, 9.17) is 9.47 Å². The fourth-order valence-electron chi connectivity index (χ4n) is 3.33. The van der Waals surface area contributed by atoms with Crippen LogP contribution in [0.3, 0.4) is 0 Å². The Morgan fingerprint density at radius 2 is 1.72 bits per heavy atom. The number of ether oxygens (including phenoxy) is 2. The van der Waals surface area contributed by atoms with E-state index < -0.39 is 18.0 Å². The smallest absolute Gasteiger partial charge is 0.355 e. The van der Waals surface area contributed by atoms with Gasteiger partial charge >= 0.3 is 18.0 Å². The number of nitrogens with one attached hydrogen (secondary N) is 1. The Balaban J connectivity index is 2.16. The molecule has 160 valence electrons. The molecule has 1 fully saturated rings. The zero-order valence-electron chi connectivity index (χ0n) is 17.7. The van der Waals surface area contributed by atoms with Gasteiger partial charge in [-0.1, -0.05) is 0 Å². The first-order valence-corrected chi connectivity index (χ1v) is 9.79. The number of esters is 2. The molecule has 1 saturated carbocycles. The van der Waals surface area contributed by atoms with Crippen LogP contribution >= 0.6 is 0 Å². The van der Waals surface area contributed by atoms with Crippen molar-refractivity contribution in [3.8, 4) is 0 Å². The summed E-state index contributed by atoms with van der Waals surface area (Å²) in [5.41, 5.74) is 1.92. The lowest BCUT2D eigenvalue weighted by Crippen LogP contribution is -2.45. The number of Topliss-reactive ketones (excluding diaryl/α,β-unsaturated/α-hetero) is 1. The van der Waals surface area contributed by atoms with E-state index in [1.165, 1.54) is 4.90 Å². The van der Waals surface area contributed by atoms with Gasteiger partial charge in [-0.15, -0.1) is 0 Å². The van der Waals surface area contributed by atoms with E-state index in [1.54, 1.807) is 39.3 Å². The molecule has 1 aliphatic carbocycles. The van der Waals surface area contributed by atoms with Gasteiger partial charge in [0.1, 0.15) is 12.2 Å². The molecule has 0 saturated heterocycles. The third-order valence-corrected chi connectivity index (χ3v) is 4.93. The molecule has 1 N–H and O–H groups in total. The summed E-state index contributed by atoms with van der Waals surface area (Å²) in [5.74, 6) is -1.28. The monoisotopic (exact) mass is 407 g/mol. The molecule has 0 aliphatic heterocycles. The molecular weight excluding hydrogens is 378 g/mol. The fraction of sp³-hybridized carbons (Fsp3) is 0.600. The largest absolute Gasteiger partial charge is 0.465 e. The summed E-state index contributed by atoms with van der Waals surface area (Å²) < 4.78 is 11.5. The summed E-state index contributed by atoms with van der Waals surface area (Å²) in [7, 11) is 1.70. The third kappa shape index (κ3) is 5.16. The van der Waals surface area contributed by atoms with Crippen molar-refractivity contribution < 1.29 is 28.7 Å². The summed E-state index contributed by atoms with van der Waals surface area (Å²) in [6.45, 7) is 6.95. The summed E-state index contributed by atoms with van der Waals surface area (Å²) in [6, 6.07) is -0.513. The average molecular weight is 407 g/mol. The number of aromatic nitrogens is 1. The normalized spacial score (nSPS) is 13.0. The lowest BCUT2D eigenvalue weighted by atomic mass is 10.1. The molecule has 1 heterocycles. The molecule has 2 amide bonds. The molecule has 0 radical (unpaired) electrons. The van der Waals surface area contributed by atoms with Gasteiger partial charge in [0.25, 0.3) is 0 Å². The predicted octanol–water partition coefficient (Wildman–Crippen LogP) is 1.74. The number of ketones is 1. The maximum Gasteiger partial charge on any atom is 0.355 e. The minimum atomic E-state index is -0.531. The predicted molar refractivity (Wildman–Crippen MR) is 105 cm³/mol. The Morgan fingerprint density at radius 3 is 2.28 bits per heavy atom. The third-order valence-electron chi connectivity index (χ3n) is 4.93. The molecule has 0 unspecified atom stereocenters. The van der Waals surface area contributed by atoms with Crippen LogP contribution in [0.1, 0.15) is 58.8 Å².